The third kappa shape index (κ3) is 3.28. The third-order valence-corrected chi connectivity index (χ3v) is 1.85. The molecule has 0 fully saturated rings. The number of nitrogens with zero attached hydrogens (tertiary/aromatic N) is 2. The summed E-state index contributed by atoms with van der Waals surface area (Å²) in [6.07, 6.45) is -4.99. The average Bonchev–Trinajstić information content (AvgIpc) is 2.14. The highest BCUT2D eigenvalue weighted by atomic mass is 19.4. The highest BCUT2D eigenvalue weighted by Gasteiger charge is 2.34. The van der Waals surface area contributed by atoms with Crippen molar-refractivity contribution in [3.05, 3.63) is 27.4 Å². The fourth-order valence-corrected chi connectivity index (χ4v) is 1.16. The number of aryl methyl sites for hydroxylation is 1. The molecule has 6 nitrogen and oxygen atoms in total. The first kappa shape index (κ1) is 13.2. The fourth-order valence-electron chi connectivity index (χ4n) is 1.16. The molecule has 0 aliphatic rings. The van der Waals surface area contributed by atoms with Crippen LogP contribution < -0.4 is 4.74 Å². The molecule has 0 radical (unpaired) electrons. The molecule has 0 bridgehead atoms. The minimum Gasteiger partial charge on any atom is -0.405 e. The van der Waals surface area contributed by atoms with E-state index in [-0.39, 0.29) is 11.3 Å². The summed E-state index contributed by atoms with van der Waals surface area (Å²) in [5.41, 5.74) is -0.339. The van der Waals surface area contributed by atoms with E-state index in [1.165, 1.54) is 6.92 Å². The van der Waals surface area contributed by atoms with E-state index in [0.717, 1.165) is 0 Å². The number of aliphatic hydroxyl groups excluding tert-OH is 1. The monoisotopic (exact) mass is 252 g/mol. The van der Waals surface area contributed by atoms with Gasteiger partial charge >= 0.3 is 12.2 Å². The summed E-state index contributed by atoms with van der Waals surface area (Å²) < 4.78 is 39.7. The molecule has 1 rings (SSSR count). The zero-order valence-electron chi connectivity index (χ0n) is 8.48. The van der Waals surface area contributed by atoms with Crippen molar-refractivity contribution < 1.29 is 27.9 Å². The maximum absolute atomic E-state index is 12.0. The number of ether oxygens (including phenoxy) is 1. The van der Waals surface area contributed by atoms with Crippen LogP contribution in [-0.2, 0) is 6.61 Å². The second kappa shape index (κ2) is 4.53. The molecule has 17 heavy (non-hydrogen) atoms. The Morgan fingerprint density at radius 3 is 2.59 bits per heavy atom. The van der Waals surface area contributed by atoms with Gasteiger partial charge < -0.3 is 20.0 Å². The van der Waals surface area contributed by atoms with E-state index >= 15 is 0 Å². The summed E-state index contributed by atoms with van der Waals surface area (Å²) in [6, 6.07) is 0.520. The van der Waals surface area contributed by atoms with Crippen molar-refractivity contribution in [2.24, 2.45) is 0 Å². The fraction of sp³-hybridized carbons (Fsp3) is 0.375. The smallest absolute Gasteiger partial charge is 0.405 e. The van der Waals surface area contributed by atoms with E-state index in [2.05, 4.69) is 9.72 Å². The highest BCUT2D eigenvalue weighted by Crippen LogP contribution is 2.30. The molecule has 0 saturated heterocycles. The van der Waals surface area contributed by atoms with Gasteiger partial charge in [0.25, 0.3) is 0 Å². The van der Waals surface area contributed by atoms with Gasteiger partial charge in [-0.2, -0.15) is 0 Å². The van der Waals surface area contributed by atoms with E-state index in [0.29, 0.717) is 6.07 Å². The molecule has 94 valence electrons. The summed E-state index contributed by atoms with van der Waals surface area (Å²) in [5.74, 6) is -1.60. The zero-order chi connectivity index (χ0) is 13.2. The number of aromatic nitrogens is 1. The van der Waals surface area contributed by atoms with Crippen molar-refractivity contribution in [2.45, 2.75) is 19.9 Å². The van der Waals surface area contributed by atoms with E-state index in [1.54, 1.807) is 0 Å². The molecule has 0 unspecified atom stereocenters. The van der Waals surface area contributed by atoms with Crippen LogP contribution in [-0.4, -0.2) is 21.4 Å². The summed E-state index contributed by atoms with van der Waals surface area (Å²) in [7, 11) is 0. The Bertz CT molecular complexity index is 447. The molecule has 0 aliphatic carbocycles. The molecule has 1 N–H and O–H groups in total. The number of rotatable bonds is 3. The lowest BCUT2D eigenvalue weighted by Gasteiger charge is -2.11. The number of aliphatic hydroxyl groups is 1. The van der Waals surface area contributed by atoms with Gasteiger partial charge in [0.15, 0.2) is 5.69 Å². The Labute approximate surface area is 92.8 Å². The van der Waals surface area contributed by atoms with Crippen LogP contribution in [0.15, 0.2) is 6.07 Å². The lowest BCUT2D eigenvalue weighted by atomic mass is 10.2. The van der Waals surface area contributed by atoms with Crippen LogP contribution >= 0.6 is 0 Å². The Kier molecular flexibility index (Phi) is 3.51. The molecular formula is C8H7F3N2O4. The normalized spacial score (nSPS) is 11.4. The molecule has 0 aromatic carbocycles. The minimum absolute atomic E-state index is 0.0963. The van der Waals surface area contributed by atoms with Gasteiger partial charge in [0, 0.05) is 6.92 Å². The second-order valence-electron chi connectivity index (χ2n) is 3.01. The van der Waals surface area contributed by atoms with E-state index < -0.39 is 29.5 Å². The maximum Gasteiger partial charge on any atom is 0.573 e. The maximum atomic E-state index is 12.0. The van der Waals surface area contributed by atoms with Crippen LogP contribution in [0.1, 0.15) is 11.3 Å². The van der Waals surface area contributed by atoms with Gasteiger partial charge in [-0.3, -0.25) is 0 Å². The van der Waals surface area contributed by atoms with Crippen LogP contribution in [0.3, 0.4) is 0 Å². The van der Waals surface area contributed by atoms with Gasteiger partial charge in [0.2, 0.25) is 0 Å². The lowest BCUT2D eigenvalue weighted by Crippen LogP contribution is -2.19. The van der Waals surface area contributed by atoms with E-state index in [9.17, 15) is 23.3 Å². The topological polar surface area (TPSA) is 85.5 Å². The Morgan fingerprint density at radius 2 is 2.18 bits per heavy atom. The molecule has 0 spiro atoms. The predicted octanol–water partition coefficient (Wildman–Crippen LogP) is 1.69. The number of halogens is 3. The van der Waals surface area contributed by atoms with Gasteiger partial charge in [-0.05, 0) is 9.91 Å². The van der Waals surface area contributed by atoms with Crippen LogP contribution in [0.5, 0.6) is 5.75 Å². The number of nitro groups is 1. The van der Waals surface area contributed by atoms with Crippen LogP contribution in [0.25, 0.3) is 0 Å². The molecular weight excluding hydrogens is 245 g/mol. The second-order valence-corrected chi connectivity index (χ2v) is 3.01. The molecule has 9 heteroatoms. The molecule has 0 amide bonds. The lowest BCUT2D eigenvalue weighted by molar-refractivity contribution is -0.389. The van der Waals surface area contributed by atoms with Crippen LogP contribution in [0.4, 0.5) is 19.0 Å². The highest BCUT2D eigenvalue weighted by molar-refractivity contribution is 5.42. The largest absolute Gasteiger partial charge is 0.573 e. The molecule has 1 aromatic rings. The van der Waals surface area contributed by atoms with Crippen molar-refractivity contribution in [2.75, 3.05) is 0 Å². The first-order chi connectivity index (χ1) is 7.74. The number of hydrogen-bond acceptors (Lipinski definition) is 5. The van der Waals surface area contributed by atoms with Crippen molar-refractivity contribution in [1.82, 2.24) is 4.98 Å². The van der Waals surface area contributed by atoms with Gasteiger partial charge in [0.05, 0.1) is 18.2 Å². The summed E-state index contributed by atoms with van der Waals surface area (Å²) in [6.45, 7) is 0.476. The molecule has 1 heterocycles. The zero-order valence-corrected chi connectivity index (χ0v) is 8.48. The minimum atomic E-state index is -4.99. The summed E-state index contributed by atoms with van der Waals surface area (Å²) in [5, 5.41) is 19.3. The van der Waals surface area contributed by atoms with Gasteiger partial charge in [-0.15, -0.1) is 13.2 Å². The molecule has 0 atom stereocenters. The Hall–Kier alpha value is -1.90. The number of pyridine rings is 1. The quantitative estimate of drug-likeness (QED) is 0.653. The van der Waals surface area contributed by atoms with Crippen molar-refractivity contribution in [1.29, 1.82) is 0 Å². The molecule has 0 saturated carbocycles. The summed E-state index contributed by atoms with van der Waals surface area (Å²) >= 11 is 0. The first-order valence-electron chi connectivity index (χ1n) is 4.26. The SMILES string of the molecule is Cc1nc([N+](=O)[O-])cc(OC(F)(F)F)c1CO. The number of hydrogen-bond donors (Lipinski definition) is 1. The Balaban J connectivity index is 3.29. The molecule has 1 aromatic heterocycles. The van der Waals surface area contributed by atoms with Crippen LogP contribution in [0, 0.1) is 17.0 Å². The molecule has 0 aliphatic heterocycles. The third-order valence-electron chi connectivity index (χ3n) is 1.85. The van der Waals surface area contributed by atoms with E-state index in [4.69, 9.17) is 5.11 Å². The average molecular weight is 252 g/mol. The van der Waals surface area contributed by atoms with Gasteiger partial charge in [-0.1, -0.05) is 0 Å². The van der Waals surface area contributed by atoms with Crippen molar-refractivity contribution >= 4 is 5.82 Å². The standard InChI is InChI=1S/C8H7F3N2O4/c1-4-5(3-14)6(17-8(9,10)11)2-7(12-4)13(15)16/h2,14H,3H2,1H3. The van der Waals surface area contributed by atoms with Gasteiger partial charge in [0.1, 0.15) is 5.75 Å². The number of alkyl halides is 3. The first-order valence-corrected chi connectivity index (χ1v) is 4.26. The van der Waals surface area contributed by atoms with Crippen molar-refractivity contribution in [3.8, 4) is 5.75 Å². The van der Waals surface area contributed by atoms with Crippen LogP contribution in [0.2, 0.25) is 0 Å². The van der Waals surface area contributed by atoms with Gasteiger partial charge in [-0.25, -0.2) is 0 Å². The summed E-state index contributed by atoms with van der Waals surface area (Å²) in [4.78, 5) is 12.9. The van der Waals surface area contributed by atoms with E-state index in [1.807, 2.05) is 0 Å². The van der Waals surface area contributed by atoms with Crippen molar-refractivity contribution in [3.63, 3.8) is 0 Å². The Morgan fingerprint density at radius 1 is 1.59 bits per heavy atom. The predicted molar refractivity (Wildman–Crippen MR) is 48.2 cm³/mol.